The molecule has 1 amide bonds. The fourth-order valence-corrected chi connectivity index (χ4v) is 3.20. The lowest BCUT2D eigenvalue weighted by Crippen LogP contribution is -2.14. The van der Waals surface area contributed by atoms with E-state index in [0.717, 1.165) is 28.0 Å². The van der Waals surface area contributed by atoms with E-state index in [0.29, 0.717) is 17.0 Å². The number of anilines is 1. The van der Waals surface area contributed by atoms with E-state index in [1.54, 1.807) is 14.2 Å². The number of nitrogens with zero attached hydrogens (tertiary/aromatic N) is 1. The van der Waals surface area contributed by atoms with E-state index in [4.69, 9.17) is 14.0 Å². The van der Waals surface area contributed by atoms with Gasteiger partial charge in [-0.2, -0.15) is 0 Å². The maximum atomic E-state index is 12.6. The Bertz CT molecular complexity index is 1150. The monoisotopic (exact) mass is 388 g/mol. The highest BCUT2D eigenvalue weighted by Crippen LogP contribution is 2.33. The van der Waals surface area contributed by atoms with Crippen LogP contribution in [0.15, 0.2) is 71.3 Å². The zero-order valence-corrected chi connectivity index (χ0v) is 16.1. The fraction of sp³-hybridized carbons (Fsp3) is 0.130. The normalized spacial score (nSPS) is 10.7. The summed E-state index contributed by atoms with van der Waals surface area (Å²) >= 11 is 0. The zero-order chi connectivity index (χ0) is 20.2. The first-order valence-corrected chi connectivity index (χ1v) is 9.13. The summed E-state index contributed by atoms with van der Waals surface area (Å²) in [6, 6.07) is 20.7. The number of rotatable bonds is 6. The second-order valence-electron chi connectivity index (χ2n) is 6.49. The minimum atomic E-state index is -0.171. The van der Waals surface area contributed by atoms with E-state index in [2.05, 4.69) is 10.5 Å². The number of benzene rings is 3. The molecule has 0 atom stereocenters. The van der Waals surface area contributed by atoms with Crippen molar-refractivity contribution in [2.75, 3.05) is 19.5 Å². The SMILES string of the molecule is COc1ccc(-c2cc(NC(=O)Cc3noc4ccccc34)ccc2OC)cc1. The highest BCUT2D eigenvalue weighted by molar-refractivity contribution is 5.95. The van der Waals surface area contributed by atoms with Crippen LogP contribution in [0, 0.1) is 0 Å². The van der Waals surface area contributed by atoms with Gasteiger partial charge in [-0.25, -0.2) is 0 Å². The second-order valence-corrected chi connectivity index (χ2v) is 6.49. The average molecular weight is 388 g/mol. The first-order chi connectivity index (χ1) is 14.2. The van der Waals surface area contributed by atoms with Crippen molar-refractivity contribution >= 4 is 22.6 Å². The van der Waals surface area contributed by atoms with Gasteiger partial charge in [0, 0.05) is 16.6 Å². The Morgan fingerprint density at radius 3 is 2.55 bits per heavy atom. The molecule has 1 heterocycles. The molecule has 4 aromatic rings. The van der Waals surface area contributed by atoms with Crippen LogP contribution in [0.25, 0.3) is 22.1 Å². The number of carbonyl (C=O) groups is 1. The lowest BCUT2D eigenvalue weighted by Gasteiger charge is -2.12. The minimum absolute atomic E-state index is 0.126. The number of aromatic nitrogens is 1. The van der Waals surface area contributed by atoms with Gasteiger partial charge >= 0.3 is 0 Å². The molecule has 0 aliphatic rings. The summed E-state index contributed by atoms with van der Waals surface area (Å²) in [5, 5.41) is 7.79. The lowest BCUT2D eigenvalue weighted by atomic mass is 10.0. The van der Waals surface area contributed by atoms with Gasteiger partial charge in [-0.1, -0.05) is 29.4 Å². The Balaban J connectivity index is 1.56. The van der Waals surface area contributed by atoms with Crippen molar-refractivity contribution in [3.8, 4) is 22.6 Å². The molecule has 0 saturated heterocycles. The predicted octanol–water partition coefficient (Wildman–Crippen LogP) is 4.69. The van der Waals surface area contributed by atoms with Crippen LogP contribution >= 0.6 is 0 Å². The molecular weight excluding hydrogens is 368 g/mol. The van der Waals surface area contributed by atoms with Crippen LogP contribution in [0.3, 0.4) is 0 Å². The second kappa shape index (κ2) is 8.06. The highest BCUT2D eigenvalue weighted by atomic mass is 16.5. The van der Waals surface area contributed by atoms with Crippen molar-refractivity contribution in [1.29, 1.82) is 0 Å². The van der Waals surface area contributed by atoms with Crippen LogP contribution in [-0.4, -0.2) is 25.3 Å². The van der Waals surface area contributed by atoms with Crippen LogP contribution in [0.2, 0.25) is 0 Å². The molecular formula is C23H20N2O4. The van der Waals surface area contributed by atoms with Crippen LogP contribution in [0.5, 0.6) is 11.5 Å². The molecule has 1 N–H and O–H groups in total. The van der Waals surface area contributed by atoms with Gasteiger partial charge in [0.15, 0.2) is 5.58 Å². The average Bonchev–Trinajstić information content (AvgIpc) is 3.16. The minimum Gasteiger partial charge on any atom is -0.497 e. The summed E-state index contributed by atoms with van der Waals surface area (Å²) in [5.74, 6) is 1.32. The molecule has 4 rings (SSSR count). The maximum absolute atomic E-state index is 12.6. The van der Waals surface area contributed by atoms with Gasteiger partial charge in [0.1, 0.15) is 17.2 Å². The number of hydrogen-bond acceptors (Lipinski definition) is 5. The third-order valence-electron chi connectivity index (χ3n) is 4.66. The van der Waals surface area contributed by atoms with Crippen LogP contribution in [-0.2, 0) is 11.2 Å². The number of ether oxygens (including phenoxy) is 2. The molecule has 146 valence electrons. The number of para-hydroxylation sites is 1. The van der Waals surface area contributed by atoms with E-state index in [-0.39, 0.29) is 12.3 Å². The molecule has 6 heteroatoms. The fourth-order valence-electron chi connectivity index (χ4n) is 3.20. The van der Waals surface area contributed by atoms with E-state index in [1.165, 1.54) is 0 Å². The molecule has 3 aromatic carbocycles. The standard InChI is InChI=1S/C23H20N2O4/c1-27-17-10-7-15(8-11-17)19-13-16(9-12-21(19)28-2)24-23(26)14-20-18-5-3-4-6-22(18)29-25-20/h3-13H,14H2,1-2H3,(H,24,26). The van der Waals surface area contributed by atoms with Crippen molar-refractivity contribution in [2.24, 2.45) is 0 Å². The number of carbonyl (C=O) groups excluding carboxylic acids is 1. The summed E-state index contributed by atoms with van der Waals surface area (Å²) in [6.07, 6.45) is 0.126. The van der Waals surface area contributed by atoms with Crippen LogP contribution < -0.4 is 14.8 Å². The number of fused-ring (bicyclic) bond motifs is 1. The highest BCUT2D eigenvalue weighted by Gasteiger charge is 2.14. The van der Waals surface area contributed by atoms with E-state index >= 15 is 0 Å². The van der Waals surface area contributed by atoms with Gasteiger partial charge in [0.05, 0.1) is 20.6 Å². The van der Waals surface area contributed by atoms with Crippen molar-refractivity contribution in [3.05, 3.63) is 72.4 Å². The molecule has 0 aliphatic heterocycles. The summed E-state index contributed by atoms with van der Waals surface area (Å²) in [5.41, 5.74) is 3.79. The van der Waals surface area contributed by atoms with Crippen molar-refractivity contribution in [3.63, 3.8) is 0 Å². The van der Waals surface area contributed by atoms with Crippen LogP contribution in [0.1, 0.15) is 5.69 Å². The summed E-state index contributed by atoms with van der Waals surface area (Å²) in [4.78, 5) is 12.6. The van der Waals surface area contributed by atoms with E-state index in [9.17, 15) is 4.79 Å². The molecule has 6 nitrogen and oxygen atoms in total. The number of nitrogens with one attached hydrogen (secondary N) is 1. The smallest absolute Gasteiger partial charge is 0.230 e. The molecule has 0 bridgehead atoms. The molecule has 0 saturated carbocycles. The Hall–Kier alpha value is -3.80. The van der Waals surface area contributed by atoms with Gasteiger partial charge in [-0.15, -0.1) is 0 Å². The number of methoxy groups -OCH3 is 2. The molecule has 1 aromatic heterocycles. The van der Waals surface area contributed by atoms with Crippen LogP contribution in [0.4, 0.5) is 5.69 Å². The van der Waals surface area contributed by atoms with Gasteiger partial charge in [0.2, 0.25) is 5.91 Å². The van der Waals surface area contributed by atoms with E-state index in [1.807, 2.05) is 66.7 Å². The predicted molar refractivity (Wildman–Crippen MR) is 111 cm³/mol. The number of hydrogen-bond donors (Lipinski definition) is 1. The quantitative estimate of drug-likeness (QED) is 0.519. The van der Waals surface area contributed by atoms with Gasteiger partial charge in [-0.3, -0.25) is 4.79 Å². The molecule has 0 unspecified atom stereocenters. The molecule has 0 spiro atoms. The first-order valence-electron chi connectivity index (χ1n) is 9.13. The van der Waals surface area contributed by atoms with E-state index < -0.39 is 0 Å². The first kappa shape index (κ1) is 18.6. The number of amides is 1. The molecule has 0 aliphatic carbocycles. The Morgan fingerprint density at radius 2 is 1.79 bits per heavy atom. The molecule has 29 heavy (non-hydrogen) atoms. The zero-order valence-electron chi connectivity index (χ0n) is 16.1. The maximum Gasteiger partial charge on any atom is 0.230 e. The topological polar surface area (TPSA) is 73.6 Å². The Kier molecular flexibility index (Phi) is 5.16. The van der Waals surface area contributed by atoms with Crippen molar-refractivity contribution < 1.29 is 18.8 Å². The lowest BCUT2D eigenvalue weighted by molar-refractivity contribution is -0.115. The summed E-state index contributed by atoms with van der Waals surface area (Å²) in [6.45, 7) is 0. The summed E-state index contributed by atoms with van der Waals surface area (Å²) in [7, 11) is 3.25. The van der Waals surface area contributed by atoms with Crippen molar-refractivity contribution in [1.82, 2.24) is 5.16 Å². The third-order valence-corrected chi connectivity index (χ3v) is 4.66. The summed E-state index contributed by atoms with van der Waals surface area (Å²) < 4.78 is 16.0. The Labute approximate surface area is 168 Å². The largest absolute Gasteiger partial charge is 0.497 e. The third kappa shape index (κ3) is 3.91. The molecule has 0 fully saturated rings. The van der Waals surface area contributed by atoms with Crippen molar-refractivity contribution in [2.45, 2.75) is 6.42 Å². The molecule has 0 radical (unpaired) electrons. The Morgan fingerprint density at radius 1 is 1.00 bits per heavy atom. The van der Waals surface area contributed by atoms with Gasteiger partial charge in [-0.05, 0) is 48.0 Å². The van der Waals surface area contributed by atoms with Gasteiger partial charge in [0.25, 0.3) is 0 Å². The van der Waals surface area contributed by atoms with Gasteiger partial charge < -0.3 is 19.3 Å².